The van der Waals surface area contributed by atoms with Gasteiger partial charge in [-0.3, -0.25) is 39.2 Å². The van der Waals surface area contributed by atoms with E-state index in [0.717, 1.165) is 15.7 Å². The van der Waals surface area contributed by atoms with Gasteiger partial charge in [0, 0.05) is 24.5 Å². The maximum absolute atomic E-state index is 13.1. The first kappa shape index (κ1) is 20.5. The number of carbonyl (C=O) groups is 5. The zero-order valence-corrected chi connectivity index (χ0v) is 17.3. The summed E-state index contributed by atoms with van der Waals surface area (Å²) in [6.45, 7) is -0.00127. The number of imide groups is 2. The van der Waals surface area contributed by atoms with Gasteiger partial charge in [0.2, 0.25) is 11.8 Å². The minimum Gasteiger partial charge on any atom is -0.347 e. The molecule has 0 radical (unpaired) electrons. The van der Waals surface area contributed by atoms with Crippen molar-refractivity contribution >= 4 is 40.3 Å². The average molecular weight is 442 g/mol. The summed E-state index contributed by atoms with van der Waals surface area (Å²) in [6, 6.07) is 12.9. The lowest BCUT2D eigenvalue weighted by molar-refractivity contribution is -0.136. The standard InChI is InChI=1S/C24H18N4O5/c29-19-9-8-18(22(31)27-19)28-23(32)16-7-3-6-15(20(16)24(28)33)12-26-21(30)17-10-13-4-1-2-5-14(13)11-25-17/h1-7,10-11,18H,8-9,12H2,(H,26,30)(H,27,29,31)/t18-/m1/s1. The first-order valence-electron chi connectivity index (χ1n) is 10.4. The molecule has 0 saturated carbocycles. The Hall–Kier alpha value is -4.40. The SMILES string of the molecule is O=C1CC[C@@H](N2C(=O)c3cccc(CNC(=O)c4cc5ccccc5cn4)c3C2=O)C(=O)N1. The Morgan fingerprint density at radius 3 is 2.61 bits per heavy atom. The summed E-state index contributed by atoms with van der Waals surface area (Å²) in [7, 11) is 0. The summed E-state index contributed by atoms with van der Waals surface area (Å²) >= 11 is 0. The van der Waals surface area contributed by atoms with Crippen LogP contribution in [0.2, 0.25) is 0 Å². The van der Waals surface area contributed by atoms with Crippen LogP contribution < -0.4 is 10.6 Å². The van der Waals surface area contributed by atoms with E-state index in [4.69, 9.17) is 0 Å². The van der Waals surface area contributed by atoms with Gasteiger partial charge in [0.1, 0.15) is 11.7 Å². The van der Waals surface area contributed by atoms with Crippen LogP contribution in [0.25, 0.3) is 10.8 Å². The number of carbonyl (C=O) groups excluding carboxylic acids is 5. The maximum atomic E-state index is 13.1. The van der Waals surface area contributed by atoms with Gasteiger partial charge in [-0.1, -0.05) is 36.4 Å². The number of rotatable bonds is 4. The van der Waals surface area contributed by atoms with Crippen molar-refractivity contribution in [2.24, 2.45) is 0 Å². The number of pyridine rings is 1. The lowest BCUT2D eigenvalue weighted by Gasteiger charge is -2.27. The predicted octanol–water partition coefficient (Wildman–Crippen LogP) is 1.57. The van der Waals surface area contributed by atoms with Crippen molar-refractivity contribution in [1.82, 2.24) is 20.5 Å². The first-order chi connectivity index (χ1) is 15.9. The summed E-state index contributed by atoms with van der Waals surface area (Å²) in [6.07, 6.45) is 1.74. The van der Waals surface area contributed by atoms with Crippen LogP contribution in [0.4, 0.5) is 0 Å². The van der Waals surface area contributed by atoms with E-state index in [2.05, 4.69) is 15.6 Å². The molecule has 33 heavy (non-hydrogen) atoms. The lowest BCUT2D eigenvalue weighted by Crippen LogP contribution is -2.54. The molecule has 5 amide bonds. The number of hydrogen-bond donors (Lipinski definition) is 2. The van der Waals surface area contributed by atoms with E-state index < -0.39 is 35.6 Å². The molecule has 3 aromatic rings. The third kappa shape index (κ3) is 3.53. The molecule has 0 aliphatic carbocycles. The Morgan fingerprint density at radius 1 is 1.03 bits per heavy atom. The Bertz CT molecular complexity index is 1370. The summed E-state index contributed by atoms with van der Waals surface area (Å²) < 4.78 is 0. The molecule has 9 nitrogen and oxygen atoms in total. The second kappa shape index (κ2) is 7.94. The molecule has 2 aromatic carbocycles. The van der Waals surface area contributed by atoms with Gasteiger partial charge >= 0.3 is 0 Å². The molecule has 9 heteroatoms. The summed E-state index contributed by atoms with van der Waals surface area (Å²) in [5.41, 5.74) is 1.00. The van der Waals surface area contributed by atoms with Gasteiger partial charge in [-0.2, -0.15) is 0 Å². The van der Waals surface area contributed by atoms with Crippen molar-refractivity contribution in [3.05, 3.63) is 77.1 Å². The first-order valence-corrected chi connectivity index (χ1v) is 10.4. The molecule has 3 heterocycles. The fourth-order valence-electron chi connectivity index (χ4n) is 4.21. The molecule has 0 bridgehead atoms. The Morgan fingerprint density at radius 2 is 1.82 bits per heavy atom. The zero-order valence-electron chi connectivity index (χ0n) is 17.3. The second-order valence-corrected chi connectivity index (χ2v) is 7.89. The molecule has 1 atom stereocenters. The molecule has 164 valence electrons. The topological polar surface area (TPSA) is 126 Å². The number of aromatic nitrogens is 1. The van der Waals surface area contributed by atoms with Crippen molar-refractivity contribution in [3.8, 4) is 0 Å². The van der Waals surface area contributed by atoms with Crippen molar-refractivity contribution in [3.63, 3.8) is 0 Å². The number of hydrogen-bond acceptors (Lipinski definition) is 6. The summed E-state index contributed by atoms with van der Waals surface area (Å²) in [5, 5.41) is 6.70. The molecular formula is C24H18N4O5. The van der Waals surface area contributed by atoms with Gasteiger partial charge in [-0.25, -0.2) is 0 Å². The number of fused-ring (bicyclic) bond motifs is 2. The van der Waals surface area contributed by atoms with Crippen LogP contribution in [0, 0.1) is 0 Å². The van der Waals surface area contributed by atoms with E-state index >= 15 is 0 Å². The van der Waals surface area contributed by atoms with Crippen LogP contribution in [-0.2, 0) is 16.1 Å². The normalized spacial score (nSPS) is 17.8. The highest BCUT2D eigenvalue weighted by atomic mass is 16.2. The van der Waals surface area contributed by atoms with Crippen LogP contribution in [0.1, 0.15) is 49.6 Å². The van der Waals surface area contributed by atoms with Gasteiger partial charge in [0.25, 0.3) is 17.7 Å². The summed E-state index contributed by atoms with van der Waals surface area (Å²) in [5.74, 6) is -2.72. The van der Waals surface area contributed by atoms with E-state index in [9.17, 15) is 24.0 Å². The van der Waals surface area contributed by atoms with Crippen LogP contribution in [0.3, 0.4) is 0 Å². The average Bonchev–Trinajstić information content (AvgIpc) is 3.08. The number of benzene rings is 2. The minimum atomic E-state index is -1.04. The molecule has 2 aliphatic heterocycles. The van der Waals surface area contributed by atoms with Crippen LogP contribution in [0.5, 0.6) is 0 Å². The fraction of sp³-hybridized carbons (Fsp3) is 0.167. The van der Waals surface area contributed by atoms with E-state index in [0.29, 0.717) is 5.56 Å². The molecule has 1 fully saturated rings. The maximum Gasteiger partial charge on any atom is 0.270 e. The molecule has 2 N–H and O–H groups in total. The largest absolute Gasteiger partial charge is 0.347 e. The Kier molecular flexibility index (Phi) is 4.93. The quantitative estimate of drug-likeness (QED) is 0.591. The van der Waals surface area contributed by atoms with Crippen molar-refractivity contribution in [2.45, 2.75) is 25.4 Å². The summed E-state index contributed by atoms with van der Waals surface area (Å²) in [4.78, 5) is 67.5. The van der Waals surface area contributed by atoms with Gasteiger partial charge in [0.15, 0.2) is 0 Å². The third-order valence-corrected chi connectivity index (χ3v) is 5.86. The second-order valence-electron chi connectivity index (χ2n) is 7.89. The van der Waals surface area contributed by atoms with Gasteiger partial charge in [-0.15, -0.1) is 0 Å². The highest BCUT2D eigenvalue weighted by Crippen LogP contribution is 2.30. The van der Waals surface area contributed by atoms with E-state index in [1.54, 1.807) is 24.4 Å². The molecule has 0 unspecified atom stereocenters. The zero-order chi connectivity index (χ0) is 23.1. The van der Waals surface area contributed by atoms with Gasteiger partial charge in [0.05, 0.1) is 11.1 Å². The molecule has 5 rings (SSSR count). The molecule has 2 aliphatic rings. The van der Waals surface area contributed by atoms with E-state index in [1.807, 2.05) is 24.3 Å². The highest BCUT2D eigenvalue weighted by molar-refractivity contribution is 6.24. The lowest BCUT2D eigenvalue weighted by atomic mass is 10.0. The van der Waals surface area contributed by atoms with Crippen molar-refractivity contribution in [2.75, 3.05) is 0 Å². The Labute approximate surface area is 187 Å². The molecular weight excluding hydrogens is 424 g/mol. The van der Waals surface area contributed by atoms with Crippen LogP contribution >= 0.6 is 0 Å². The number of piperidine rings is 1. The molecule has 1 aromatic heterocycles. The number of amides is 5. The van der Waals surface area contributed by atoms with Crippen molar-refractivity contribution < 1.29 is 24.0 Å². The van der Waals surface area contributed by atoms with Crippen LogP contribution in [0.15, 0.2) is 54.7 Å². The third-order valence-electron chi connectivity index (χ3n) is 5.86. The fourth-order valence-corrected chi connectivity index (χ4v) is 4.21. The molecule has 0 spiro atoms. The Balaban J connectivity index is 1.37. The number of nitrogens with one attached hydrogen (secondary N) is 2. The van der Waals surface area contributed by atoms with Gasteiger partial charge in [-0.05, 0) is 29.5 Å². The van der Waals surface area contributed by atoms with E-state index in [-0.39, 0.29) is 36.2 Å². The van der Waals surface area contributed by atoms with Crippen molar-refractivity contribution in [1.29, 1.82) is 0 Å². The monoisotopic (exact) mass is 442 g/mol. The predicted molar refractivity (Wildman–Crippen MR) is 116 cm³/mol. The minimum absolute atomic E-state index is 0.00127. The van der Waals surface area contributed by atoms with Gasteiger partial charge < -0.3 is 5.32 Å². The molecule has 1 saturated heterocycles. The van der Waals surface area contributed by atoms with Crippen LogP contribution in [-0.4, -0.2) is 45.5 Å². The highest BCUT2D eigenvalue weighted by Gasteiger charge is 2.45. The van der Waals surface area contributed by atoms with E-state index in [1.165, 1.54) is 6.07 Å². The smallest absolute Gasteiger partial charge is 0.270 e. The number of nitrogens with zero attached hydrogens (tertiary/aromatic N) is 2.